The van der Waals surface area contributed by atoms with Gasteiger partial charge in [0.25, 0.3) is 0 Å². The Labute approximate surface area is 127 Å². The number of ether oxygens (including phenoxy) is 2. The lowest BCUT2D eigenvalue weighted by Crippen LogP contribution is -2.58. The molecular weight excluding hydrogens is 270 g/mol. The smallest absolute Gasteiger partial charge is 0.317 e. The van der Waals surface area contributed by atoms with E-state index < -0.39 is 0 Å². The van der Waals surface area contributed by atoms with Crippen LogP contribution in [-0.2, 0) is 9.47 Å². The van der Waals surface area contributed by atoms with Crippen LogP contribution in [0.15, 0.2) is 0 Å². The third-order valence-electron chi connectivity index (χ3n) is 4.25. The number of amides is 2. The van der Waals surface area contributed by atoms with E-state index in [9.17, 15) is 4.79 Å². The van der Waals surface area contributed by atoms with Crippen LogP contribution >= 0.6 is 0 Å². The Hall–Kier alpha value is -0.850. The topological polar surface area (TPSA) is 54.0 Å². The number of carbonyl (C=O) groups is 1. The average Bonchev–Trinajstić information content (AvgIpc) is 2.45. The molecule has 2 aliphatic heterocycles. The summed E-state index contributed by atoms with van der Waals surface area (Å²) in [7, 11) is 0. The van der Waals surface area contributed by atoms with Gasteiger partial charge in [0.15, 0.2) is 0 Å². The first-order valence-corrected chi connectivity index (χ1v) is 7.80. The molecule has 2 amide bonds. The zero-order chi connectivity index (χ0) is 15.5. The second kappa shape index (κ2) is 6.50. The van der Waals surface area contributed by atoms with Gasteiger partial charge in [0, 0.05) is 31.7 Å². The van der Waals surface area contributed by atoms with Gasteiger partial charge in [-0.05, 0) is 27.7 Å². The number of hydrogen-bond donors (Lipinski definition) is 1. The Morgan fingerprint density at radius 1 is 1.19 bits per heavy atom. The lowest BCUT2D eigenvalue weighted by molar-refractivity contribution is -0.0737. The molecule has 0 saturated carbocycles. The number of urea groups is 1. The first kappa shape index (κ1) is 16.5. The van der Waals surface area contributed by atoms with Crippen LogP contribution in [0.2, 0.25) is 0 Å². The van der Waals surface area contributed by atoms with Gasteiger partial charge < -0.3 is 19.7 Å². The zero-order valence-electron chi connectivity index (χ0n) is 13.8. The summed E-state index contributed by atoms with van der Waals surface area (Å²) >= 11 is 0. The first-order chi connectivity index (χ1) is 9.80. The van der Waals surface area contributed by atoms with Gasteiger partial charge in [-0.2, -0.15) is 0 Å². The van der Waals surface area contributed by atoms with Crippen LogP contribution in [0.25, 0.3) is 0 Å². The normalized spacial score (nSPS) is 23.9. The van der Waals surface area contributed by atoms with E-state index >= 15 is 0 Å². The van der Waals surface area contributed by atoms with Crippen molar-refractivity contribution in [3.8, 4) is 0 Å². The van der Waals surface area contributed by atoms with E-state index in [1.807, 2.05) is 18.7 Å². The highest BCUT2D eigenvalue weighted by molar-refractivity contribution is 5.74. The van der Waals surface area contributed by atoms with Crippen LogP contribution in [0.3, 0.4) is 0 Å². The number of nitrogens with zero attached hydrogens (tertiary/aromatic N) is 2. The molecule has 2 heterocycles. The van der Waals surface area contributed by atoms with Crippen molar-refractivity contribution in [1.82, 2.24) is 15.1 Å². The minimum Gasteiger partial charge on any atom is -0.379 e. The summed E-state index contributed by atoms with van der Waals surface area (Å²) in [6, 6.07) is 0.00714. The summed E-state index contributed by atoms with van der Waals surface area (Å²) in [4.78, 5) is 16.6. The Kier molecular flexibility index (Phi) is 5.11. The molecule has 2 rings (SSSR count). The molecule has 2 fully saturated rings. The Balaban J connectivity index is 1.82. The van der Waals surface area contributed by atoms with E-state index in [1.54, 1.807) is 0 Å². The molecule has 2 saturated heterocycles. The standard InChI is InChI=1S/C15H29N3O3/c1-14(2,18-6-8-20-9-7-18)11-16-13(19)17-5-10-21-15(3,4)12-17/h5-12H2,1-4H3,(H,16,19). The van der Waals surface area contributed by atoms with Crippen LogP contribution < -0.4 is 5.32 Å². The fourth-order valence-electron chi connectivity index (χ4n) is 2.87. The maximum atomic E-state index is 12.3. The summed E-state index contributed by atoms with van der Waals surface area (Å²) < 4.78 is 11.0. The van der Waals surface area contributed by atoms with E-state index in [0.29, 0.717) is 26.2 Å². The molecule has 2 aliphatic rings. The summed E-state index contributed by atoms with van der Waals surface area (Å²) in [5.41, 5.74) is -0.309. The Morgan fingerprint density at radius 2 is 1.86 bits per heavy atom. The second-order valence-corrected chi connectivity index (χ2v) is 7.10. The van der Waals surface area contributed by atoms with Gasteiger partial charge >= 0.3 is 6.03 Å². The molecule has 0 unspecified atom stereocenters. The van der Waals surface area contributed by atoms with E-state index in [4.69, 9.17) is 9.47 Å². The number of rotatable bonds is 3. The summed E-state index contributed by atoms with van der Waals surface area (Å²) in [6.45, 7) is 14.3. The third kappa shape index (κ3) is 4.56. The maximum absolute atomic E-state index is 12.3. The van der Waals surface area contributed by atoms with Crippen LogP contribution in [0.1, 0.15) is 27.7 Å². The fourth-order valence-corrected chi connectivity index (χ4v) is 2.87. The predicted octanol–water partition coefficient (Wildman–Crippen LogP) is 0.918. The quantitative estimate of drug-likeness (QED) is 0.842. The summed E-state index contributed by atoms with van der Waals surface area (Å²) in [5.74, 6) is 0. The Morgan fingerprint density at radius 3 is 2.48 bits per heavy atom. The molecule has 1 N–H and O–H groups in total. The van der Waals surface area contributed by atoms with Crippen LogP contribution in [-0.4, -0.2) is 79.5 Å². The maximum Gasteiger partial charge on any atom is 0.317 e. The molecular formula is C15H29N3O3. The molecule has 0 aliphatic carbocycles. The predicted molar refractivity (Wildman–Crippen MR) is 81.5 cm³/mol. The monoisotopic (exact) mass is 299 g/mol. The number of carbonyl (C=O) groups excluding carboxylic acids is 1. The van der Waals surface area contributed by atoms with Crippen molar-refractivity contribution < 1.29 is 14.3 Å². The van der Waals surface area contributed by atoms with Crippen LogP contribution in [0.4, 0.5) is 4.79 Å². The van der Waals surface area contributed by atoms with Gasteiger partial charge in [-0.15, -0.1) is 0 Å². The van der Waals surface area contributed by atoms with Gasteiger partial charge in [-0.1, -0.05) is 0 Å². The highest BCUT2D eigenvalue weighted by Gasteiger charge is 2.32. The molecule has 6 heteroatoms. The average molecular weight is 299 g/mol. The molecule has 0 aromatic heterocycles. The van der Waals surface area contributed by atoms with Crippen molar-refractivity contribution >= 4 is 6.03 Å². The van der Waals surface area contributed by atoms with Crippen molar-refractivity contribution in [1.29, 1.82) is 0 Å². The van der Waals surface area contributed by atoms with E-state index in [-0.39, 0.29) is 17.2 Å². The molecule has 122 valence electrons. The van der Waals surface area contributed by atoms with Crippen LogP contribution in [0.5, 0.6) is 0 Å². The molecule has 21 heavy (non-hydrogen) atoms. The van der Waals surface area contributed by atoms with Crippen LogP contribution in [0, 0.1) is 0 Å². The molecule has 0 bridgehead atoms. The minimum absolute atomic E-state index is 0.00714. The van der Waals surface area contributed by atoms with Gasteiger partial charge in [0.05, 0.1) is 32.0 Å². The van der Waals surface area contributed by atoms with E-state index in [1.165, 1.54) is 0 Å². The van der Waals surface area contributed by atoms with Crippen molar-refractivity contribution in [3.05, 3.63) is 0 Å². The molecule has 0 atom stereocenters. The molecule has 0 aromatic carbocycles. The zero-order valence-corrected chi connectivity index (χ0v) is 13.8. The first-order valence-electron chi connectivity index (χ1n) is 7.80. The van der Waals surface area contributed by atoms with Crippen molar-refractivity contribution in [2.75, 3.05) is 52.5 Å². The molecule has 0 radical (unpaired) electrons. The third-order valence-corrected chi connectivity index (χ3v) is 4.25. The second-order valence-electron chi connectivity index (χ2n) is 7.10. The van der Waals surface area contributed by atoms with Gasteiger partial charge in [-0.3, -0.25) is 4.90 Å². The number of nitrogens with one attached hydrogen (secondary N) is 1. The van der Waals surface area contributed by atoms with Crippen molar-refractivity contribution in [2.45, 2.75) is 38.8 Å². The lowest BCUT2D eigenvalue weighted by Gasteiger charge is -2.42. The minimum atomic E-state index is -0.255. The van der Waals surface area contributed by atoms with Crippen molar-refractivity contribution in [2.24, 2.45) is 0 Å². The van der Waals surface area contributed by atoms with Crippen molar-refractivity contribution in [3.63, 3.8) is 0 Å². The molecule has 0 spiro atoms. The lowest BCUT2D eigenvalue weighted by atomic mass is 10.0. The largest absolute Gasteiger partial charge is 0.379 e. The Bertz CT molecular complexity index is 365. The van der Waals surface area contributed by atoms with E-state index in [0.717, 1.165) is 26.3 Å². The van der Waals surface area contributed by atoms with E-state index in [2.05, 4.69) is 24.1 Å². The molecule has 0 aromatic rings. The fraction of sp³-hybridized carbons (Fsp3) is 0.933. The molecule has 6 nitrogen and oxygen atoms in total. The summed E-state index contributed by atoms with van der Waals surface area (Å²) in [6.07, 6.45) is 0. The highest BCUT2D eigenvalue weighted by atomic mass is 16.5. The number of hydrogen-bond acceptors (Lipinski definition) is 4. The highest BCUT2D eigenvalue weighted by Crippen LogP contribution is 2.18. The van der Waals surface area contributed by atoms with Gasteiger partial charge in [0.2, 0.25) is 0 Å². The SMILES string of the molecule is CC1(C)CN(C(=O)NCC(C)(C)N2CCOCC2)CCO1. The van der Waals surface area contributed by atoms with Gasteiger partial charge in [0.1, 0.15) is 0 Å². The van der Waals surface area contributed by atoms with Gasteiger partial charge in [-0.25, -0.2) is 4.79 Å². The summed E-state index contributed by atoms with van der Waals surface area (Å²) in [5, 5.41) is 3.08. The number of morpholine rings is 2.